The third-order valence-corrected chi connectivity index (χ3v) is 14.5. The summed E-state index contributed by atoms with van der Waals surface area (Å²) in [6.07, 6.45) is 10.9. The molecule has 0 aromatic heterocycles. The fourth-order valence-corrected chi connectivity index (χ4v) is 9.59. The molecule has 3 rings (SSSR count). The molecule has 0 aromatic carbocycles. The van der Waals surface area contributed by atoms with Gasteiger partial charge in [-0.2, -0.15) is 0 Å². The molecule has 16 atom stereocenters. The van der Waals surface area contributed by atoms with Gasteiger partial charge in [0.25, 0.3) is 0 Å². The Kier molecular flexibility index (Phi) is 37.4. The average Bonchev–Trinajstić information content (AvgIpc) is 3.42. The van der Waals surface area contributed by atoms with Crippen molar-refractivity contribution in [2.45, 2.75) is 292 Å². The van der Waals surface area contributed by atoms with Crippen molar-refractivity contribution in [2.24, 2.45) is 0 Å². The number of carbonyl (C=O) groups is 2. The van der Waals surface area contributed by atoms with Gasteiger partial charge in [0.2, 0.25) is 0 Å². The Labute approximate surface area is 458 Å². The second-order valence-corrected chi connectivity index (χ2v) is 21.2. The maximum Gasteiger partial charge on any atom is 0.306 e. The molecule has 20 nitrogen and oxygen atoms in total. The Morgan fingerprint density at radius 3 is 1.40 bits per heavy atom. The highest BCUT2D eigenvalue weighted by Gasteiger charge is 2.52. The van der Waals surface area contributed by atoms with Crippen LogP contribution in [0.25, 0.3) is 0 Å². The molecule has 3 heterocycles. The molecule has 450 valence electrons. The number of allylic oxidation sites excluding steroid dienone is 4. The largest absolute Gasteiger partial charge is 0.462 e. The van der Waals surface area contributed by atoms with Gasteiger partial charge in [-0.05, 0) is 44.9 Å². The lowest BCUT2D eigenvalue weighted by Crippen LogP contribution is -2.65. The van der Waals surface area contributed by atoms with Crippen molar-refractivity contribution in [3.8, 4) is 0 Å². The van der Waals surface area contributed by atoms with Gasteiger partial charge in [-0.1, -0.05) is 160 Å². The second-order valence-electron chi connectivity index (χ2n) is 21.2. The van der Waals surface area contributed by atoms with E-state index in [0.717, 1.165) is 64.2 Å². The zero-order chi connectivity index (χ0) is 56.2. The first-order valence-corrected chi connectivity index (χ1v) is 29.4. The number of unbranched alkanes of at least 4 members (excludes halogenated alkanes) is 22. The smallest absolute Gasteiger partial charge is 0.306 e. The van der Waals surface area contributed by atoms with Gasteiger partial charge in [0.05, 0.1) is 26.4 Å². The number of aliphatic hydroxyl groups is 10. The van der Waals surface area contributed by atoms with Crippen LogP contribution in [0.3, 0.4) is 0 Å². The number of hydrogen-bond donors (Lipinski definition) is 10. The SMILES string of the molecule is CCCCCC/C=C\C/C=C\CCCCCCC(=O)OC[C@H](COC1OC(CO)[C@@H](O)[C@H](O)C1O[C@@H]1OC(CO[C@H]2OC(CO)C(O)[C@H](O)[C@H]2O)[C@H](O)C(O)[C@H]1O)OC(=O)CCCCCCCCCCCCCCCCC. The van der Waals surface area contributed by atoms with Gasteiger partial charge < -0.3 is 89.0 Å². The maximum atomic E-state index is 13.2. The lowest BCUT2D eigenvalue weighted by Gasteiger charge is -2.46. The van der Waals surface area contributed by atoms with E-state index in [1.807, 2.05) is 0 Å². The van der Waals surface area contributed by atoms with Crippen LogP contribution < -0.4 is 0 Å². The quantitative estimate of drug-likeness (QED) is 0.0219. The van der Waals surface area contributed by atoms with Crippen molar-refractivity contribution < 1.29 is 98.5 Å². The highest BCUT2D eigenvalue weighted by molar-refractivity contribution is 5.70. The summed E-state index contributed by atoms with van der Waals surface area (Å²) in [5.74, 6) is -1.06. The van der Waals surface area contributed by atoms with Gasteiger partial charge in [-0.15, -0.1) is 0 Å². The van der Waals surface area contributed by atoms with Crippen LogP contribution in [-0.4, -0.2) is 194 Å². The first kappa shape index (κ1) is 69.1. The molecule has 10 N–H and O–H groups in total. The Morgan fingerprint density at radius 2 is 0.870 bits per heavy atom. The van der Waals surface area contributed by atoms with E-state index in [1.165, 1.54) is 89.9 Å². The molecule has 0 spiro atoms. The van der Waals surface area contributed by atoms with Gasteiger partial charge in [0.15, 0.2) is 25.0 Å². The molecular weight excluding hydrogens is 1000 g/mol. The predicted octanol–water partition coefficient (Wildman–Crippen LogP) is 4.98. The lowest BCUT2D eigenvalue weighted by molar-refractivity contribution is -0.373. The number of carbonyl (C=O) groups excluding carboxylic acids is 2. The standard InChI is InChI=1S/C57H102O20/c1-3-5-7-9-11-13-15-17-19-21-23-25-27-29-31-33-44(60)70-37-40(73-45(61)34-32-30-28-26-24-22-20-18-16-14-12-10-8-6-4-2)38-71-57-54(51(67)47(63)42(36-59)75-57)77-56-53(69)50(66)48(64)43(76-56)39-72-55-52(68)49(65)46(62)41(35-58)74-55/h13,15,19,21,40-43,46-59,62-69H,3-12,14,16-18,20,22-39H2,1-2H3/b15-13-,21-19-/t40-,41?,42?,43?,46?,47-,48+,49+,50?,51+,52-,53-,54?,55+,56+,57?/m1/s1. The van der Waals surface area contributed by atoms with E-state index in [9.17, 15) is 60.7 Å². The fourth-order valence-electron chi connectivity index (χ4n) is 9.59. The van der Waals surface area contributed by atoms with E-state index in [1.54, 1.807) is 0 Å². The molecule has 0 radical (unpaired) electrons. The molecule has 7 unspecified atom stereocenters. The average molecular weight is 1110 g/mol. The minimum atomic E-state index is -1.99. The van der Waals surface area contributed by atoms with Crippen LogP contribution in [0.4, 0.5) is 0 Å². The van der Waals surface area contributed by atoms with Gasteiger partial charge >= 0.3 is 11.9 Å². The molecule has 3 saturated heterocycles. The van der Waals surface area contributed by atoms with Crippen LogP contribution in [0.5, 0.6) is 0 Å². The second kappa shape index (κ2) is 41.7. The van der Waals surface area contributed by atoms with E-state index in [4.69, 9.17) is 37.9 Å². The van der Waals surface area contributed by atoms with Crippen molar-refractivity contribution >= 4 is 11.9 Å². The zero-order valence-corrected chi connectivity index (χ0v) is 46.4. The Hall–Kier alpha value is -2.22. The van der Waals surface area contributed by atoms with Gasteiger partial charge in [-0.3, -0.25) is 9.59 Å². The molecule has 0 saturated carbocycles. The summed E-state index contributed by atoms with van der Waals surface area (Å²) in [6.45, 7) is 1.37. The molecule has 20 heteroatoms. The molecule has 77 heavy (non-hydrogen) atoms. The molecule has 3 fully saturated rings. The highest BCUT2D eigenvalue weighted by atomic mass is 16.8. The van der Waals surface area contributed by atoms with Crippen LogP contribution in [0.2, 0.25) is 0 Å². The minimum Gasteiger partial charge on any atom is -0.462 e. The summed E-state index contributed by atoms with van der Waals surface area (Å²) in [4.78, 5) is 26.2. The van der Waals surface area contributed by atoms with Crippen molar-refractivity contribution in [1.29, 1.82) is 0 Å². The predicted molar refractivity (Wildman–Crippen MR) is 285 cm³/mol. The summed E-state index contributed by atoms with van der Waals surface area (Å²) in [5, 5.41) is 105. The third kappa shape index (κ3) is 26.9. The fraction of sp³-hybridized carbons (Fsp3) is 0.895. The van der Waals surface area contributed by atoms with Gasteiger partial charge in [0, 0.05) is 12.8 Å². The Balaban J connectivity index is 1.57. The first-order valence-electron chi connectivity index (χ1n) is 29.4. The Bertz CT molecular complexity index is 1550. The summed E-state index contributed by atoms with van der Waals surface area (Å²) < 4.78 is 45.6. The maximum absolute atomic E-state index is 13.2. The van der Waals surface area contributed by atoms with Crippen molar-refractivity contribution in [1.82, 2.24) is 0 Å². The van der Waals surface area contributed by atoms with E-state index < -0.39 is 137 Å². The highest BCUT2D eigenvalue weighted by Crippen LogP contribution is 2.31. The van der Waals surface area contributed by atoms with E-state index in [2.05, 4.69) is 38.2 Å². The van der Waals surface area contributed by atoms with Crippen LogP contribution >= 0.6 is 0 Å². The molecule has 0 amide bonds. The molecule has 0 aliphatic carbocycles. The monoisotopic (exact) mass is 1110 g/mol. The van der Waals surface area contributed by atoms with E-state index >= 15 is 0 Å². The van der Waals surface area contributed by atoms with Gasteiger partial charge in [0.1, 0.15) is 79.9 Å². The molecule has 3 aliphatic heterocycles. The lowest BCUT2D eigenvalue weighted by atomic mass is 9.97. The molecule has 0 aromatic rings. The van der Waals surface area contributed by atoms with Crippen molar-refractivity contribution in [3.63, 3.8) is 0 Å². The Morgan fingerprint density at radius 1 is 0.442 bits per heavy atom. The summed E-state index contributed by atoms with van der Waals surface area (Å²) in [7, 11) is 0. The number of aliphatic hydroxyl groups excluding tert-OH is 10. The number of ether oxygens (including phenoxy) is 8. The number of rotatable bonds is 43. The van der Waals surface area contributed by atoms with E-state index in [-0.39, 0.29) is 19.4 Å². The third-order valence-electron chi connectivity index (χ3n) is 14.5. The molecular formula is C57H102O20. The normalized spacial score (nSPS) is 30.3. The van der Waals surface area contributed by atoms with Crippen LogP contribution in [-0.2, 0) is 47.5 Å². The minimum absolute atomic E-state index is 0.100. The van der Waals surface area contributed by atoms with E-state index in [0.29, 0.717) is 12.8 Å². The van der Waals surface area contributed by atoms with Crippen LogP contribution in [0.1, 0.15) is 194 Å². The summed E-state index contributed by atoms with van der Waals surface area (Å²) >= 11 is 0. The van der Waals surface area contributed by atoms with Crippen LogP contribution in [0.15, 0.2) is 24.3 Å². The molecule has 0 bridgehead atoms. The van der Waals surface area contributed by atoms with Crippen LogP contribution in [0, 0.1) is 0 Å². The topological polar surface area (TPSA) is 310 Å². The first-order chi connectivity index (χ1) is 37.3. The van der Waals surface area contributed by atoms with Gasteiger partial charge in [-0.25, -0.2) is 0 Å². The van der Waals surface area contributed by atoms with Crippen molar-refractivity contribution in [3.05, 3.63) is 24.3 Å². The number of esters is 2. The molecule has 3 aliphatic rings. The summed E-state index contributed by atoms with van der Waals surface area (Å²) in [5.41, 5.74) is 0. The zero-order valence-electron chi connectivity index (χ0n) is 46.4. The summed E-state index contributed by atoms with van der Waals surface area (Å²) in [6, 6.07) is 0. The number of hydrogen-bond acceptors (Lipinski definition) is 20. The van der Waals surface area contributed by atoms with Crippen molar-refractivity contribution in [2.75, 3.05) is 33.0 Å².